The van der Waals surface area contributed by atoms with Crippen LogP contribution in [0.25, 0.3) is 34.4 Å². The molecule has 41 heavy (non-hydrogen) atoms. The van der Waals surface area contributed by atoms with E-state index < -0.39 is 16.5 Å². The van der Waals surface area contributed by atoms with Gasteiger partial charge in [-0.05, 0) is 0 Å². The Balaban J connectivity index is 1.54. The van der Waals surface area contributed by atoms with Gasteiger partial charge in [0, 0.05) is 0 Å². The van der Waals surface area contributed by atoms with Gasteiger partial charge in [-0.1, -0.05) is 0 Å². The summed E-state index contributed by atoms with van der Waals surface area (Å²) in [4.78, 5) is 0. The molecule has 0 saturated carbocycles. The van der Waals surface area contributed by atoms with Gasteiger partial charge in [0.05, 0.1) is 0 Å². The summed E-state index contributed by atoms with van der Waals surface area (Å²) in [5, 5.41) is 0. The van der Waals surface area contributed by atoms with Crippen molar-refractivity contribution in [2.45, 2.75) is 61.4 Å². The van der Waals surface area contributed by atoms with Gasteiger partial charge in [0.1, 0.15) is 0 Å². The van der Waals surface area contributed by atoms with Crippen LogP contribution in [-0.2, 0) is 29.4 Å². The Bertz CT molecular complexity index is 1680. The van der Waals surface area contributed by atoms with Crippen molar-refractivity contribution in [2.75, 3.05) is 0 Å². The second-order valence-electron chi connectivity index (χ2n) is 14.5. The summed E-state index contributed by atoms with van der Waals surface area (Å²) in [5.41, 5.74) is 14.3. The van der Waals surface area contributed by atoms with Crippen molar-refractivity contribution >= 4 is 15.9 Å². The van der Waals surface area contributed by atoms with E-state index in [1.165, 1.54) is 55.6 Å². The fourth-order valence-corrected chi connectivity index (χ4v) is 35.6. The van der Waals surface area contributed by atoms with Crippen LogP contribution >= 0.6 is 0 Å². The van der Waals surface area contributed by atoms with Crippen molar-refractivity contribution in [3.8, 4) is 22.3 Å². The van der Waals surface area contributed by atoms with Gasteiger partial charge in [-0.25, -0.2) is 0 Å². The number of hydrogen-bond acceptors (Lipinski definition) is 0. The fraction of sp³-hybridized carbons (Fsp3) is 0.275. The average molecular weight is 704 g/mol. The first-order valence-corrected chi connectivity index (χ1v) is 32.7. The van der Waals surface area contributed by atoms with E-state index in [0.717, 1.165) is 19.3 Å². The minimum atomic E-state index is -4.44. The molecule has 4 aromatic rings. The van der Waals surface area contributed by atoms with Crippen LogP contribution in [0, 0.1) is 0 Å². The molecular weight excluding hydrogens is 659 g/mol. The van der Waals surface area contributed by atoms with Crippen LogP contribution in [0.15, 0.2) is 97.1 Å². The van der Waals surface area contributed by atoms with E-state index in [0.29, 0.717) is 7.35 Å². The zero-order valence-corrected chi connectivity index (χ0v) is 29.3. The van der Waals surface area contributed by atoms with Crippen LogP contribution in [0.5, 0.6) is 0 Å². The molecule has 1 heteroatoms. The SMILES string of the molecule is CC[CH]=[Hf]([CH3])([CH3])([CH3])([CH]1C=Cc2c(-c3ccccc3CC)cccc21)[CH]1C=Cc2c(-c3ccccc3CC)cccc21. The Morgan fingerprint density at radius 2 is 0.951 bits per heavy atom. The van der Waals surface area contributed by atoms with Crippen molar-refractivity contribution in [1.82, 2.24) is 0 Å². The normalized spacial score (nSPS) is 19.0. The maximum atomic E-state index is 2.84. The van der Waals surface area contributed by atoms with E-state index in [2.05, 4.69) is 148 Å². The summed E-state index contributed by atoms with van der Waals surface area (Å²) in [5.74, 6) is 0. The van der Waals surface area contributed by atoms with Crippen LogP contribution in [0.4, 0.5) is 0 Å². The number of hydrogen-bond donors (Lipinski definition) is 0. The number of fused-ring (bicyclic) bond motifs is 2. The van der Waals surface area contributed by atoms with Gasteiger partial charge in [0.15, 0.2) is 0 Å². The molecule has 0 aromatic heterocycles. The van der Waals surface area contributed by atoms with Gasteiger partial charge in [-0.2, -0.15) is 0 Å². The fourth-order valence-electron chi connectivity index (χ4n) is 8.71. The quantitative estimate of drug-likeness (QED) is 0.168. The molecule has 2 atom stereocenters. The number of allylic oxidation sites excluding steroid dienone is 2. The standard InChI is InChI=1S/2C17H15.C3H6.3CH3.Hf/c2*1-2-13-7-3-4-10-15(13)17-12-6-9-14-8-5-11-16(14)17;1-3-2;;;;/h2*3-12H,2H2,1H3;1H,3H2,2H3;3*1H3;. The second kappa shape index (κ2) is 9.84. The molecule has 0 saturated heterocycles. The molecule has 0 heterocycles. The molecular formula is C40H45Hf. The molecule has 0 aliphatic heterocycles. The molecule has 0 bridgehead atoms. The first kappa shape index (κ1) is 28.2. The molecule has 6 rings (SSSR count). The van der Waals surface area contributed by atoms with Crippen LogP contribution < -0.4 is 0 Å². The summed E-state index contributed by atoms with van der Waals surface area (Å²) >= 11 is -4.44. The molecule has 2 unspecified atom stereocenters. The predicted octanol–water partition coefficient (Wildman–Crippen LogP) is 11.6. The van der Waals surface area contributed by atoms with Crippen LogP contribution in [0.3, 0.4) is 0 Å². The third-order valence-corrected chi connectivity index (χ3v) is 40.6. The molecule has 0 nitrogen and oxygen atoms in total. The van der Waals surface area contributed by atoms with E-state index >= 15 is 0 Å². The van der Waals surface area contributed by atoms with Crippen LogP contribution in [-0.4, -0.2) is 3.76 Å². The zero-order chi connectivity index (χ0) is 28.9. The molecule has 0 fully saturated rings. The second-order valence-corrected chi connectivity index (χ2v) is 53.5. The first-order chi connectivity index (χ1) is 19.7. The molecule has 2 aliphatic carbocycles. The van der Waals surface area contributed by atoms with Crippen LogP contribution in [0.2, 0.25) is 14.0 Å². The van der Waals surface area contributed by atoms with E-state index in [1.807, 2.05) is 0 Å². The molecule has 0 N–H and O–H groups in total. The molecule has 0 amide bonds. The summed E-state index contributed by atoms with van der Waals surface area (Å²) in [7, 11) is 0. The topological polar surface area (TPSA) is 0 Å². The van der Waals surface area contributed by atoms with E-state index in [1.54, 1.807) is 0 Å². The third-order valence-electron chi connectivity index (χ3n) is 10.9. The summed E-state index contributed by atoms with van der Waals surface area (Å²) in [6, 6.07) is 32.1. The average Bonchev–Trinajstić information content (AvgIpc) is 3.64. The van der Waals surface area contributed by atoms with E-state index in [4.69, 9.17) is 0 Å². The monoisotopic (exact) mass is 705 g/mol. The van der Waals surface area contributed by atoms with Crippen molar-refractivity contribution in [2.24, 2.45) is 0 Å². The van der Waals surface area contributed by atoms with Crippen LogP contribution in [0.1, 0.15) is 67.9 Å². The van der Waals surface area contributed by atoms with Gasteiger partial charge < -0.3 is 0 Å². The number of rotatable bonds is 7. The molecule has 0 radical (unpaired) electrons. The van der Waals surface area contributed by atoms with Gasteiger partial charge in [0.2, 0.25) is 0 Å². The molecule has 2 aliphatic rings. The Hall–Kier alpha value is -2.90. The zero-order valence-electron chi connectivity index (χ0n) is 25.7. The van der Waals surface area contributed by atoms with Crippen molar-refractivity contribution in [1.29, 1.82) is 0 Å². The summed E-state index contributed by atoms with van der Waals surface area (Å²) in [6.07, 6.45) is 13.3. The number of aryl methyl sites for hydroxylation is 2. The van der Waals surface area contributed by atoms with Crippen molar-refractivity contribution < 1.29 is 16.5 Å². The Kier molecular flexibility index (Phi) is 6.77. The molecule has 209 valence electrons. The molecule has 4 aromatic carbocycles. The predicted molar refractivity (Wildman–Crippen MR) is 180 cm³/mol. The summed E-state index contributed by atoms with van der Waals surface area (Å²) in [6.45, 7) is 6.89. The number of benzene rings is 4. The van der Waals surface area contributed by atoms with Crippen molar-refractivity contribution in [3.63, 3.8) is 0 Å². The van der Waals surface area contributed by atoms with E-state index in [9.17, 15) is 0 Å². The maximum absolute atomic E-state index is 4.44. The van der Waals surface area contributed by atoms with Crippen molar-refractivity contribution in [3.05, 3.63) is 130 Å². The Morgan fingerprint density at radius 1 is 0.537 bits per heavy atom. The van der Waals surface area contributed by atoms with E-state index in [-0.39, 0.29) is 0 Å². The molecule has 0 spiro atoms. The minimum absolute atomic E-state index is 0.431. The Labute approximate surface area is 245 Å². The summed E-state index contributed by atoms with van der Waals surface area (Å²) < 4.78 is 11.9. The van der Waals surface area contributed by atoms with Gasteiger partial charge in [0.25, 0.3) is 0 Å². The Morgan fingerprint density at radius 3 is 1.37 bits per heavy atom. The first-order valence-electron chi connectivity index (χ1n) is 15.7. The third kappa shape index (κ3) is 4.30. The van der Waals surface area contributed by atoms with Gasteiger partial charge >= 0.3 is 247 Å². The van der Waals surface area contributed by atoms with Gasteiger partial charge in [-0.3, -0.25) is 0 Å². The van der Waals surface area contributed by atoms with Gasteiger partial charge in [-0.15, -0.1) is 0 Å².